The monoisotopic (exact) mass is 293 g/mol. The van der Waals surface area contributed by atoms with E-state index in [4.69, 9.17) is 23.2 Å². The van der Waals surface area contributed by atoms with E-state index in [0.717, 1.165) is 12.8 Å². The maximum atomic E-state index is 5.81. The minimum absolute atomic E-state index is 0.324. The minimum atomic E-state index is 0.324. The van der Waals surface area contributed by atoms with Gasteiger partial charge in [0.05, 0.1) is 0 Å². The van der Waals surface area contributed by atoms with Gasteiger partial charge in [-0.3, -0.25) is 0 Å². The van der Waals surface area contributed by atoms with E-state index in [1.165, 1.54) is 11.1 Å². The molecule has 3 heterocycles. The molecule has 0 aromatic carbocycles. The molecule has 3 nitrogen and oxygen atoms in total. The van der Waals surface area contributed by atoms with Crippen LogP contribution < -0.4 is 5.32 Å². The summed E-state index contributed by atoms with van der Waals surface area (Å²) in [5.41, 5.74) is 2.35. The van der Waals surface area contributed by atoms with E-state index < -0.39 is 0 Å². The van der Waals surface area contributed by atoms with Crippen molar-refractivity contribution in [2.24, 2.45) is 0 Å². The highest BCUT2D eigenvalue weighted by atomic mass is 35.5. The van der Waals surface area contributed by atoms with Crippen molar-refractivity contribution < 1.29 is 0 Å². The summed E-state index contributed by atoms with van der Waals surface area (Å²) >= 11 is 11.6. The molecule has 2 aromatic heterocycles. The molecule has 1 aliphatic rings. The molecule has 1 saturated heterocycles. The molecule has 0 amide bonds. The first kappa shape index (κ1) is 12.9. The van der Waals surface area contributed by atoms with E-state index in [2.05, 4.69) is 15.3 Å². The van der Waals surface area contributed by atoms with Gasteiger partial charge in [-0.2, -0.15) is 0 Å². The highest BCUT2D eigenvalue weighted by Gasteiger charge is 2.26. The smallest absolute Gasteiger partial charge is 0.129 e. The molecule has 2 atom stereocenters. The normalized spacial score (nSPS) is 22.6. The summed E-state index contributed by atoms with van der Waals surface area (Å²) in [6.07, 6.45) is 5.83. The van der Waals surface area contributed by atoms with E-state index in [9.17, 15) is 0 Å². The Hall–Kier alpha value is -1.16. The molecule has 1 fully saturated rings. The van der Waals surface area contributed by atoms with Crippen LogP contribution in [0.3, 0.4) is 0 Å². The van der Waals surface area contributed by atoms with Gasteiger partial charge in [0, 0.05) is 24.5 Å². The molecule has 98 valence electrons. The summed E-state index contributed by atoms with van der Waals surface area (Å²) in [4.78, 5) is 8.26. The van der Waals surface area contributed by atoms with Crippen LogP contribution in [0.25, 0.3) is 0 Å². The molecular weight excluding hydrogens is 281 g/mol. The Balaban J connectivity index is 1.73. The fraction of sp³-hybridized carbons (Fsp3) is 0.286. The second-order valence-electron chi connectivity index (χ2n) is 4.68. The first-order valence-corrected chi connectivity index (χ1v) is 6.97. The van der Waals surface area contributed by atoms with Gasteiger partial charge in [-0.1, -0.05) is 35.3 Å². The van der Waals surface area contributed by atoms with Crippen LogP contribution in [0.5, 0.6) is 0 Å². The van der Waals surface area contributed by atoms with Gasteiger partial charge in [-0.25, -0.2) is 9.97 Å². The van der Waals surface area contributed by atoms with Crippen LogP contribution in [0, 0.1) is 0 Å². The topological polar surface area (TPSA) is 37.8 Å². The average molecular weight is 294 g/mol. The van der Waals surface area contributed by atoms with Crippen LogP contribution >= 0.6 is 23.2 Å². The van der Waals surface area contributed by atoms with Crippen LogP contribution in [0.1, 0.15) is 36.1 Å². The summed E-state index contributed by atoms with van der Waals surface area (Å²) in [5, 5.41) is 4.65. The third-order valence-electron chi connectivity index (χ3n) is 3.45. The molecular formula is C14H13Cl2N3. The molecule has 0 radical (unpaired) electrons. The van der Waals surface area contributed by atoms with Crippen molar-refractivity contribution in [1.82, 2.24) is 15.3 Å². The molecule has 0 saturated carbocycles. The van der Waals surface area contributed by atoms with Gasteiger partial charge < -0.3 is 5.32 Å². The standard InChI is InChI=1S/C14H13Cl2N3/c15-13-5-1-9(7-17-13)11-3-4-12(19-11)10-2-6-14(16)18-8-10/h1-2,5-8,11-12,19H,3-4H2. The van der Waals surface area contributed by atoms with Gasteiger partial charge in [-0.15, -0.1) is 0 Å². The van der Waals surface area contributed by atoms with Gasteiger partial charge in [-0.05, 0) is 36.1 Å². The van der Waals surface area contributed by atoms with Crippen molar-refractivity contribution in [2.75, 3.05) is 0 Å². The van der Waals surface area contributed by atoms with Crippen molar-refractivity contribution in [3.05, 3.63) is 58.1 Å². The van der Waals surface area contributed by atoms with Crippen molar-refractivity contribution >= 4 is 23.2 Å². The maximum Gasteiger partial charge on any atom is 0.129 e. The summed E-state index contributed by atoms with van der Waals surface area (Å²) < 4.78 is 0. The number of hydrogen-bond acceptors (Lipinski definition) is 3. The number of nitrogens with one attached hydrogen (secondary N) is 1. The van der Waals surface area contributed by atoms with Gasteiger partial charge in [0.25, 0.3) is 0 Å². The highest BCUT2D eigenvalue weighted by molar-refractivity contribution is 6.29. The molecule has 5 heteroatoms. The predicted octanol–water partition coefficient (Wildman–Crippen LogP) is 3.95. The summed E-state index contributed by atoms with van der Waals surface area (Å²) in [6.45, 7) is 0. The molecule has 1 N–H and O–H groups in total. The van der Waals surface area contributed by atoms with Crippen molar-refractivity contribution in [3.63, 3.8) is 0 Å². The van der Waals surface area contributed by atoms with Gasteiger partial charge >= 0.3 is 0 Å². The predicted molar refractivity (Wildman–Crippen MR) is 76.3 cm³/mol. The van der Waals surface area contributed by atoms with Gasteiger partial charge in [0.2, 0.25) is 0 Å². The third-order valence-corrected chi connectivity index (χ3v) is 3.90. The lowest BCUT2D eigenvalue weighted by molar-refractivity contribution is 0.572. The molecule has 0 spiro atoms. The number of aromatic nitrogens is 2. The SMILES string of the molecule is Clc1ccc(C2CCC(c3ccc(Cl)nc3)N2)cn1. The maximum absolute atomic E-state index is 5.81. The molecule has 2 aromatic rings. The van der Waals surface area contributed by atoms with E-state index >= 15 is 0 Å². The summed E-state index contributed by atoms with van der Waals surface area (Å²) in [6, 6.07) is 8.35. The highest BCUT2D eigenvalue weighted by Crippen LogP contribution is 2.34. The van der Waals surface area contributed by atoms with E-state index in [1.54, 1.807) is 0 Å². The van der Waals surface area contributed by atoms with E-state index in [-0.39, 0.29) is 0 Å². The van der Waals surface area contributed by atoms with Crippen LogP contribution in [-0.2, 0) is 0 Å². The van der Waals surface area contributed by atoms with Gasteiger partial charge in [0.1, 0.15) is 10.3 Å². The second kappa shape index (κ2) is 5.45. The fourth-order valence-corrected chi connectivity index (χ4v) is 2.68. The molecule has 2 unspecified atom stereocenters. The Morgan fingerprint density at radius 3 is 1.68 bits per heavy atom. The fourth-order valence-electron chi connectivity index (χ4n) is 2.46. The number of hydrogen-bond donors (Lipinski definition) is 1. The Kier molecular flexibility index (Phi) is 3.69. The lowest BCUT2D eigenvalue weighted by Crippen LogP contribution is -2.17. The zero-order valence-electron chi connectivity index (χ0n) is 10.2. The molecule has 0 bridgehead atoms. The first-order chi connectivity index (χ1) is 9.22. The van der Waals surface area contributed by atoms with Crippen LogP contribution in [0.15, 0.2) is 36.7 Å². The number of nitrogens with zero attached hydrogens (tertiary/aromatic N) is 2. The summed E-state index contributed by atoms with van der Waals surface area (Å²) in [7, 11) is 0. The number of pyridine rings is 2. The van der Waals surface area contributed by atoms with Crippen LogP contribution in [0.2, 0.25) is 10.3 Å². The summed E-state index contributed by atoms with van der Waals surface area (Å²) in [5.74, 6) is 0. The largest absolute Gasteiger partial charge is 0.303 e. The van der Waals surface area contributed by atoms with Crippen molar-refractivity contribution in [2.45, 2.75) is 24.9 Å². The number of rotatable bonds is 2. The zero-order valence-corrected chi connectivity index (χ0v) is 11.7. The second-order valence-corrected chi connectivity index (χ2v) is 5.45. The van der Waals surface area contributed by atoms with Crippen LogP contribution in [0.4, 0.5) is 0 Å². The van der Waals surface area contributed by atoms with Crippen LogP contribution in [-0.4, -0.2) is 9.97 Å². The molecule has 0 aliphatic carbocycles. The average Bonchev–Trinajstić information content (AvgIpc) is 2.90. The first-order valence-electron chi connectivity index (χ1n) is 6.21. The lowest BCUT2D eigenvalue weighted by atomic mass is 10.1. The molecule has 3 rings (SSSR count). The Morgan fingerprint density at radius 1 is 0.842 bits per heavy atom. The van der Waals surface area contributed by atoms with E-state index in [1.807, 2.05) is 36.7 Å². The minimum Gasteiger partial charge on any atom is -0.303 e. The lowest BCUT2D eigenvalue weighted by Gasteiger charge is -2.14. The van der Waals surface area contributed by atoms with Crippen molar-refractivity contribution in [1.29, 1.82) is 0 Å². The Labute approximate surface area is 122 Å². The van der Waals surface area contributed by atoms with Crippen molar-refractivity contribution in [3.8, 4) is 0 Å². The molecule has 19 heavy (non-hydrogen) atoms. The zero-order chi connectivity index (χ0) is 13.2. The van der Waals surface area contributed by atoms with Gasteiger partial charge in [0.15, 0.2) is 0 Å². The Morgan fingerprint density at radius 2 is 1.32 bits per heavy atom. The number of halogens is 2. The molecule has 1 aliphatic heterocycles. The van der Waals surface area contributed by atoms with E-state index in [0.29, 0.717) is 22.4 Å². The Bertz CT molecular complexity index is 502. The quantitative estimate of drug-likeness (QED) is 0.852. The third kappa shape index (κ3) is 2.89.